The van der Waals surface area contributed by atoms with E-state index in [2.05, 4.69) is 0 Å². The summed E-state index contributed by atoms with van der Waals surface area (Å²) < 4.78 is 80.2. The second-order valence-corrected chi connectivity index (χ2v) is 8.00. The molecule has 12 heteroatoms. The van der Waals surface area contributed by atoms with Crippen molar-refractivity contribution in [1.29, 1.82) is 0 Å². The fourth-order valence-electron chi connectivity index (χ4n) is 2.66. The standard InChI is InChI=1S/C20H19F6N3O2S/c1-27(2)9-10-29(18(30)17-13(21)5-4-6-14(17)22)19(31)28(3)16-8-7-12(11-15(16)23)32-20(24,25)26/h4-8,11H,9-10H2,1-3H3. The van der Waals surface area contributed by atoms with Crippen LogP contribution in [0.4, 0.5) is 36.8 Å². The van der Waals surface area contributed by atoms with Gasteiger partial charge in [0.1, 0.15) is 23.0 Å². The first kappa shape index (κ1) is 25.5. The normalized spacial score (nSPS) is 11.6. The Kier molecular flexibility index (Phi) is 8.18. The summed E-state index contributed by atoms with van der Waals surface area (Å²) in [7, 11) is 4.36. The Morgan fingerprint density at radius 1 is 0.906 bits per heavy atom. The van der Waals surface area contributed by atoms with Gasteiger partial charge >= 0.3 is 11.5 Å². The number of likely N-dealkylation sites (N-methyl/N-ethyl adjacent to an activating group) is 1. The molecule has 0 saturated carbocycles. The Bertz CT molecular complexity index is 980. The number of anilines is 1. The van der Waals surface area contributed by atoms with Gasteiger partial charge in [-0.25, -0.2) is 18.0 Å². The predicted octanol–water partition coefficient (Wildman–Crippen LogP) is 4.98. The van der Waals surface area contributed by atoms with Crippen LogP contribution >= 0.6 is 11.8 Å². The molecule has 0 bridgehead atoms. The van der Waals surface area contributed by atoms with Crippen molar-refractivity contribution >= 4 is 29.4 Å². The molecule has 2 aromatic rings. The van der Waals surface area contributed by atoms with Crippen LogP contribution in [0.25, 0.3) is 0 Å². The Labute approximate surface area is 184 Å². The van der Waals surface area contributed by atoms with Crippen molar-refractivity contribution in [2.24, 2.45) is 0 Å². The summed E-state index contributed by atoms with van der Waals surface area (Å²) in [6, 6.07) is 4.14. The molecule has 32 heavy (non-hydrogen) atoms. The highest BCUT2D eigenvalue weighted by Gasteiger charge is 2.32. The van der Waals surface area contributed by atoms with Gasteiger partial charge in [-0.1, -0.05) is 6.07 Å². The molecule has 0 atom stereocenters. The average molecular weight is 479 g/mol. The number of hydrogen-bond acceptors (Lipinski definition) is 4. The third-order valence-electron chi connectivity index (χ3n) is 4.22. The van der Waals surface area contributed by atoms with E-state index in [1.54, 1.807) is 19.0 Å². The van der Waals surface area contributed by atoms with Gasteiger partial charge in [-0.2, -0.15) is 13.2 Å². The molecule has 0 aliphatic heterocycles. The number of imide groups is 1. The number of thioether (sulfide) groups is 1. The molecule has 0 unspecified atom stereocenters. The highest BCUT2D eigenvalue weighted by atomic mass is 32.2. The molecule has 0 aliphatic carbocycles. The lowest BCUT2D eigenvalue weighted by atomic mass is 10.1. The van der Waals surface area contributed by atoms with Crippen molar-refractivity contribution in [3.8, 4) is 0 Å². The van der Waals surface area contributed by atoms with E-state index >= 15 is 0 Å². The second-order valence-electron chi connectivity index (χ2n) is 6.86. The first-order valence-corrected chi connectivity index (χ1v) is 9.87. The molecule has 0 heterocycles. The number of halogens is 6. The van der Waals surface area contributed by atoms with Crippen LogP contribution in [0.1, 0.15) is 10.4 Å². The third kappa shape index (κ3) is 6.39. The number of hydrogen-bond donors (Lipinski definition) is 0. The van der Waals surface area contributed by atoms with Crippen LogP contribution < -0.4 is 4.90 Å². The molecular formula is C20H19F6N3O2S. The van der Waals surface area contributed by atoms with Gasteiger partial charge in [0.2, 0.25) is 0 Å². The zero-order chi connectivity index (χ0) is 24.2. The molecule has 0 radical (unpaired) electrons. The van der Waals surface area contributed by atoms with Gasteiger partial charge in [-0.05, 0) is 56.2 Å². The number of nitrogens with zero attached hydrogens (tertiary/aromatic N) is 3. The van der Waals surface area contributed by atoms with Gasteiger partial charge in [0.05, 0.1) is 5.69 Å². The van der Waals surface area contributed by atoms with E-state index in [-0.39, 0.29) is 13.1 Å². The summed E-state index contributed by atoms with van der Waals surface area (Å²) in [5.74, 6) is -4.78. The van der Waals surface area contributed by atoms with E-state index in [0.717, 1.165) is 37.4 Å². The topological polar surface area (TPSA) is 43.9 Å². The largest absolute Gasteiger partial charge is 0.446 e. The number of amides is 3. The minimum Gasteiger partial charge on any atom is -0.308 e. The van der Waals surface area contributed by atoms with Crippen molar-refractivity contribution in [3.63, 3.8) is 0 Å². The van der Waals surface area contributed by atoms with Crippen LogP contribution in [0.5, 0.6) is 0 Å². The number of carbonyl (C=O) groups is 2. The van der Waals surface area contributed by atoms with E-state index in [1.807, 2.05) is 0 Å². The first-order valence-electron chi connectivity index (χ1n) is 9.05. The van der Waals surface area contributed by atoms with Crippen molar-refractivity contribution in [3.05, 3.63) is 59.4 Å². The second kappa shape index (κ2) is 10.3. The Balaban J connectivity index is 2.38. The number of rotatable bonds is 6. The van der Waals surface area contributed by atoms with Crippen molar-refractivity contribution in [1.82, 2.24) is 9.80 Å². The SMILES string of the molecule is CN(C)CCN(C(=O)c1c(F)cccc1F)C(=O)N(C)c1ccc(SC(F)(F)F)cc1F. The maximum Gasteiger partial charge on any atom is 0.446 e. The lowest BCUT2D eigenvalue weighted by Crippen LogP contribution is -2.48. The van der Waals surface area contributed by atoms with Gasteiger partial charge in [0.25, 0.3) is 5.91 Å². The van der Waals surface area contributed by atoms with E-state index < -0.39 is 62.8 Å². The molecule has 0 fully saturated rings. The number of carbonyl (C=O) groups excluding carboxylic acids is 2. The van der Waals surface area contributed by atoms with Gasteiger partial charge in [-0.3, -0.25) is 14.6 Å². The van der Waals surface area contributed by atoms with Crippen molar-refractivity contribution < 1.29 is 35.9 Å². The summed E-state index contributed by atoms with van der Waals surface area (Å²) in [5, 5.41) is 0. The lowest BCUT2D eigenvalue weighted by molar-refractivity contribution is -0.0328. The summed E-state index contributed by atoms with van der Waals surface area (Å²) in [5.41, 5.74) is -6.00. The average Bonchev–Trinajstić information content (AvgIpc) is 2.66. The fraction of sp³-hybridized carbons (Fsp3) is 0.300. The summed E-state index contributed by atoms with van der Waals surface area (Å²) in [4.78, 5) is 28.2. The number of benzene rings is 2. The third-order valence-corrected chi connectivity index (χ3v) is 4.95. The molecule has 3 amide bonds. The Hall–Kier alpha value is -2.73. The summed E-state index contributed by atoms with van der Waals surface area (Å²) in [6.07, 6.45) is 0. The van der Waals surface area contributed by atoms with E-state index in [1.165, 1.54) is 0 Å². The van der Waals surface area contributed by atoms with E-state index in [0.29, 0.717) is 15.9 Å². The van der Waals surface area contributed by atoms with Crippen LogP contribution in [0.2, 0.25) is 0 Å². The van der Waals surface area contributed by atoms with Crippen molar-refractivity contribution in [2.75, 3.05) is 39.1 Å². The lowest BCUT2D eigenvalue weighted by Gasteiger charge is -2.28. The maximum atomic E-state index is 14.5. The zero-order valence-corrected chi connectivity index (χ0v) is 18.0. The minimum atomic E-state index is -4.63. The van der Waals surface area contributed by atoms with Crippen LogP contribution in [-0.2, 0) is 0 Å². The molecule has 0 aromatic heterocycles. The summed E-state index contributed by atoms with van der Waals surface area (Å²) >= 11 is -0.530. The smallest absolute Gasteiger partial charge is 0.308 e. The number of urea groups is 1. The predicted molar refractivity (Wildman–Crippen MR) is 108 cm³/mol. The monoisotopic (exact) mass is 479 g/mol. The highest BCUT2D eigenvalue weighted by Crippen LogP contribution is 2.38. The minimum absolute atomic E-state index is 0.130. The van der Waals surface area contributed by atoms with E-state index in [4.69, 9.17) is 0 Å². The number of alkyl halides is 3. The van der Waals surface area contributed by atoms with E-state index in [9.17, 15) is 35.9 Å². The quantitative estimate of drug-likeness (QED) is 0.433. The van der Waals surface area contributed by atoms with Crippen LogP contribution in [-0.4, -0.2) is 61.5 Å². The molecular weight excluding hydrogens is 460 g/mol. The molecule has 2 rings (SSSR count). The zero-order valence-electron chi connectivity index (χ0n) is 17.2. The Morgan fingerprint density at radius 3 is 2.00 bits per heavy atom. The van der Waals surface area contributed by atoms with Crippen LogP contribution in [0.3, 0.4) is 0 Å². The molecule has 2 aromatic carbocycles. The molecule has 174 valence electrons. The molecule has 0 saturated heterocycles. The van der Waals surface area contributed by atoms with Crippen LogP contribution in [0.15, 0.2) is 41.3 Å². The fourth-order valence-corrected chi connectivity index (χ4v) is 3.23. The van der Waals surface area contributed by atoms with Crippen LogP contribution in [0, 0.1) is 17.5 Å². The summed E-state index contributed by atoms with van der Waals surface area (Å²) in [6.45, 7) is -0.155. The van der Waals surface area contributed by atoms with Gasteiger partial charge < -0.3 is 4.90 Å². The maximum absolute atomic E-state index is 14.5. The van der Waals surface area contributed by atoms with Gasteiger partial charge in [0, 0.05) is 25.0 Å². The highest BCUT2D eigenvalue weighted by molar-refractivity contribution is 8.00. The van der Waals surface area contributed by atoms with Crippen molar-refractivity contribution in [2.45, 2.75) is 10.4 Å². The molecule has 0 N–H and O–H groups in total. The van der Waals surface area contributed by atoms with Gasteiger partial charge in [0.15, 0.2) is 0 Å². The molecule has 0 spiro atoms. The molecule has 5 nitrogen and oxygen atoms in total. The molecule has 0 aliphatic rings. The Morgan fingerprint density at radius 2 is 1.50 bits per heavy atom. The first-order chi connectivity index (χ1) is 14.8. The van der Waals surface area contributed by atoms with Gasteiger partial charge in [-0.15, -0.1) is 0 Å².